The molecule has 0 aliphatic rings. The second-order valence-corrected chi connectivity index (χ2v) is 6.50. The van der Waals surface area contributed by atoms with E-state index in [-0.39, 0.29) is 12.0 Å². The molecule has 6 heteroatoms. The van der Waals surface area contributed by atoms with Crippen LogP contribution in [0.4, 0.5) is 4.79 Å². The average molecular weight is 383 g/mol. The number of benzene rings is 2. The highest BCUT2D eigenvalue weighted by Gasteiger charge is 2.06. The molecule has 0 aliphatic carbocycles. The molecule has 0 saturated carbocycles. The Morgan fingerprint density at radius 2 is 1.29 bits per heavy atom. The molecule has 2 aromatic carbocycles. The summed E-state index contributed by atoms with van der Waals surface area (Å²) < 4.78 is 4.66. The fourth-order valence-corrected chi connectivity index (χ4v) is 2.77. The molecule has 2 aromatic rings. The molecule has 0 aromatic heterocycles. The van der Waals surface area contributed by atoms with Crippen LogP contribution in [0.25, 0.3) is 0 Å². The lowest BCUT2D eigenvalue weighted by molar-refractivity contribution is 0.0600. The smallest absolute Gasteiger partial charge is 0.337 e. The van der Waals surface area contributed by atoms with E-state index in [2.05, 4.69) is 46.3 Å². The van der Waals surface area contributed by atoms with Crippen molar-refractivity contribution in [3.63, 3.8) is 0 Å². The summed E-state index contributed by atoms with van der Waals surface area (Å²) in [6.07, 6.45) is 0. The minimum absolute atomic E-state index is 0.232. The van der Waals surface area contributed by atoms with Crippen molar-refractivity contribution in [2.75, 3.05) is 20.2 Å². The highest BCUT2D eigenvalue weighted by Crippen LogP contribution is 2.08. The summed E-state index contributed by atoms with van der Waals surface area (Å²) in [6.45, 7) is 8.18. The predicted molar refractivity (Wildman–Crippen MR) is 110 cm³/mol. The average Bonchev–Trinajstić information content (AvgIpc) is 2.75. The number of esters is 1. The number of carbonyl (C=O) groups excluding carboxylic acids is 2. The van der Waals surface area contributed by atoms with Gasteiger partial charge in [-0.15, -0.1) is 0 Å². The van der Waals surface area contributed by atoms with Crippen molar-refractivity contribution < 1.29 is 14.3 Å². The van der Waals surface area contributed by atoms with Crippen molar-refractivity contribution in [1.82, 2.24) is 15.5 Å². The van der Waals surface area contributed by atoms with Gasteiger partial charge in [-0.2, -0.15) is 0 Å². The van der Waals surface area contributed by atoms with E-state index in [1.54, 1.807) is 24.3 Å². The first-order valence-electron chi connectivity index (χ1n) is 9.54. The number of hydrogen-bond donors (Lipinski definition) is 2. The molecule has 2 rings (SSSR count). The molecule has 0 radical (unpaired) electrons. The predicted octanol–water partition coefficient (Wildman–Crippen LogP) is 3.31. The topological polar surface area (TPSA) is 70.7 Å². The van der Waals surface area contributed by atoms with E-state index in [0.29, 0.717) is 18.7 Å². The van der Waals surface area contributed by atoms with Gasteiger partial charge in [0.05, 0.1) is 12.7 Å². The Bertz CT molecular complexity index is 754. The van der Waals surface area contributed by atoms with Crippen molar-refractivity contribution in [2.45, 2.75) is 33.5 Å². The maximum Gasteiger partial charge on any atom is 0.337 e. The van der Waals surface area contributed by atoms with Gasteiger partial charge in [-0.1, -0.05) is 50.2 Å². The summed E-state index contributed by atoms with van der Waals surface area (Å²) in [6, 6.07) is 15.0. The second kappa shape index (κ2) is 11.1. The van der Waals surface area contributed by atoms with Crippen LogP contribution in [0.3, 0.4) is 0 Å². The van der Waals surface area contributed by atoms with Crippen LogP contribution < -0.4 is 10.6 Å². The van der Waals surface area contributed by atoms with E-state index in [0.717, 1.165) is 30.8 Å². The first-order valence-corrected chi connectivity index (χ1v) is 9.54. The minimum Gasteiger partial charge on any atom is -0.465 e. The second-order valence-electron chi connectivity index (χ2n) is 6.50. The summed E-state index contributed by atoms with van der Waals surface area (Å²) in [5.74, 6) is -0.375. The van der Waals surface area contributed by atoms with Crippen LogP contribution in [0.5, 0.6) is 0 Å². The summed E-state index contributed by atoms with van der Waals surface area (Å²) >= 11 is 0. The molecular formula is C22H29N3O3. The molecule has 0 heterocycles. The Balaban J connectivity index is 1.75. The third-order valence-electron chi connectivity index (χ3n) is 4.60. The summed E-state index contributed by atoms with van der Waals surface area (Å²) in [7, 11) is 1.35. The van der Waals surface area contributed by atoms with E-state index in [1.807, 2.05) is 12.1 Å². The van der Waals surface area contributed by atoms with Crippen molar-refractivity contribution in [3.05, 3.63) is 70.8 Å². The number of nitrogens with zero attached hydrogens (tertiary/aromatic N) is 1. The van der Waals surface area contributed by atoms with Gasteiger partial charge in [0.25, 0.3) is 0 Å². The van der Waals surface area contributed by atoms with Gasteiger partial charge in [0.1, 0.15) is 0 Å². The SMILES string of the molecule is CCN(CC)Cc1ccc(CNC(=O)NCc2ccc(C(=O)OC)cc2)cc1. The lowest BCUT2D eigenvalue weighted by Gasteiger charge is -2.18. The summed E-state index contributed by atoms with van der Waals surface area (Å²) in [5, 5.41) is 5.67. The molecule has 28 heavy (non-hydrogen) atoms. The van der Waals surface area contributed by atoms with Gasteiger partial charge in [-0.05, 0) is 41.9 Å². The zero-order valence-corrected chi connectivity index (χ0v) is 16.8. The molecular weight excluding hydrogens is 354 g/mol. The quantitative estimate of drug-likeness (QED) is 0.652. The molecule has 6 nitrogen and oxygen atoms in total. The fraction of sp³-hybridized carbons (Fsp3) is 0.364. The molecule has 0 aliphatic heterocycles. The number of carbonyl (C=O) groups is 2. The highest BCUT2D eigenvalue weighted by molar-refractivity contribution is 5.89. The van der Waals surface area contributed by atoms with E-state index < -0.39 is 0 Å². The van der Waals surface area contributed by atoms with E-state index >= 15 is 0 Å². The maximum absolute atomic E-state index is 12.0. The van der Waals surface area contributed by atoms with Crippen LogP contribution in [0, 0.1) is 0 Å². The fourth-order valence-electron chi connectivity index (χ4n) is 2.77. The standard InChI is InChI=1S/C22H29N3O3/c1-4-25(5-2)16-19-8-6-17(7-9-19)14-23-22(27)24-15-18-10-12-20(13-11-18)21(26)28-3/h6-13H,4-5,14-16H2,1-3H3,(H2,23,24,27). The monoisotopic (exact) mass is 383 g/mol. The lowest BCUT2D eigenvalue weighted by Crippen LogP contribution is -2.34. The summed E-state index contributed by atoms with van der Waals surface area (Å²) in [5.41, 5.74) is 3.72. The molecule has 0 bridgehead atoms. The van der Waals surface area contributed by atoms with Gasteiger partial charge in [0, 0.05) is 19.6 Å². The zero-order valence-electron chi connectivity index (χ0n) is 16.8. The Hall–Kier alpha value is -2.86. The van der Waals surface area contributed by atoms with Crippen LogP contribution in [-0.4, -0.2) is 37.1 Å². The molecule has 150 valence electrons. The number of urea groups is 1. The Morgan fingerprint density at radius 3 is 1.75 bits per heavy atom. The Labute approximate surface area is 166 Å². The van der Waals surface area contributed by atoms with E-state index in [1.165, 1.54) is 12.7 Å². The summed E-state index contributed by atoms with van der Waals surface area (Å²) in [4.78, 5) is 25.8. The normalized spacial score (nSPS) is 10.6. The number of ether oxygens (including phenoxy) is 1. The lowest BCUT2D eigenvalue weighted by atomic mass is 10.1. The molecule has 0 saturated heterocycles. The largest absolute Gasteiger partial charge is 0.465 e. The number of methoxy groups -OCH3 is 1. The first kappa shape index (κ1) is 21.4. The molecule has 0 spiro atoms. The number of hydrogen-bond acceptors (Lipinski definition) is 4. The van der Waals surface area contributed by atoms with Crippen molar-refractivity contribution in [2.24, 2.45) is 0 Å². The van der Waals surface area contributed by atoms with Crippen LogP contribution in [0.2, 0.25) is 0 Å². The van der Waals surface area contributed by atoms with Gasteiger partial charge in [-0.3, -0.25) is 4.90 Å². The number of rotatable bonds is 9. The molecule has 0 atom stereocenters. The van der Waals surface area contributed by atoms with Gasteiger partial charge in [0.2, 0.25) is 0 Å². The van der Waals surface area contributed by atoms with Gasteiger partial charge < -0.3 is 15.4 Å². The zero-order chi connectivity index (χ0) is 20.4. The number of amides is 2. The molecule has 0 fully saturated rings. The maximum atomic E-state index is 12.0. The van der Waals surface area contributed by atoms with E-state index in [4.69, 9.17) is 0 Å². The molecule has 2 N–H and O–H groups in total. The highest BCUT2D eigenvalue weighted by atomic mass is 16.5. The van der Waals surface area contributed by atoms with Crippen molar-refractivity contribution in [3.8, 4) is 0 Å². The van der Waals surface area contributed by atoms with E-state index in [9.17, 15) is 9.59 Å². The van der Waals surface area contributed by atoms with Gasteiger partial charge >= 0.3 is 12.0 Å². The van der Waals surface area contributed by atoms with Crippen LogP contribution in [0.1, 0.15) is 40.9 Å². The number of nitrogens with one attached hydrogen (secondary N) is 2. The van der Waals surface area contributed by atoms with Crippen LogP contribution in [-0.2, 0) is 24.4 Å². The van der Waals surface area contributed by atoms with Crippen LogP contribution >= 0.6 is 0 Å². The van der Waals surface area contributed by atoms with Gasteiger partial charge in [-0.25, -0.2) is 9.59 Å². The Kier molecular flexibility index (Phi) is 8.49. The van der Waals surface area contributed by atoms with Gasteiger partial charge in [0.15, 0.2) is 0 Å². The minimum atomic E-state index is -0.375. The van der Waals surface area contributed by atoms with Crippen molar-refractivity contribution >= 4 is 12.0 Å². The molecule has 0 unspecified atom stereocenters. The van der Waals surface area contributed by atoms with Crippen LogP contribution in [0.15, 0.2) is 48.5 Å². The molecule has 2 amide bonds. The third-order valence-corrected chi connectivity index (χ3v) is 4.60. The van der Waals surface area contributed by atoms with Crippen molar-refractivity contribution in [1.29, 1.82) is 0 Å². The first-order chi connectivity index (χ1) is 13.5. The Morgan fingerprint density at radius 1 is 0.821 bits per heavy atom. The third kappa shape index (κ3) is 6.70.